The largest absolute Gasteiger partial charge is 0.464 e. The maximum Gasteiger partial charge on any atom is 0.310 e. The predicted octanol–water partition coefficient (Wildman–Crippen LogP) is 4.53. The smallest absolute Gasteiger partial charge is 0.310 e. The highest BCUT2D eigenvalue weighted by molar-refractivity contribution is 7.15. The first-order valence-electron chi connectivity index (χ1n) is 9.46. The van der Waals surface area contributed by atoms with Crippen LogP contribution < -0.4 is 5.56 Å². The van der Waals surface area contributed by atoms with E-state index in [-0.39, 0.29) is 24.6 Å². The second-order valence-electron chi connectivity index (χ2n) is 7.54. The molecule has 0 amide bonds. The number of rotatable bonds is 5. The van der Waals surface area contributed by atoms with Gasteiger partial charge in [-0.3, -0.25) is 14.0 Å². The molecule has 1 aromatic carbocycles. The Morgan fingerprint density at radius 3 is 2.83 bits per heavy atom. The molecule has 0 saturated heterocycles. The van der Waals surface area contributed by atoms with E-state index in [1.807, 2.05) is 18.4 Å². The van der Waals surface area contributed by atoms with Crippen LogP contribution in [0.5, 0.6) is 0 Å². The number of benzene rings is 1. The third-order valence-corrected chi connectivity index (χ3v) is 5.95. The molecule has 0 bridgehead atoms. The molecule has 150 valence electrons. The summed E-state index contributed by atoms with van der Waals surface area (Å²) in [5.41, 5.74) is 5.09. The molecule has 4 aromatic rings. The normalized spacial score (nSPS) is 11.6. The summed E-state index contributed by atoms with van der Waals surface area (Å²) in [6.45, 7) is 8.17. The second-order valence-corrected chi connectivity index (χ2v) is 8.38. The van der Waals surface area contributed by atoms with Gasteiger partial charge in [-0.1, -0.05) is 13.8 Å². The molecule has 0 N–H and O–H groups in total. The zero-order valence-corrected chi connectivity index (χ0v) is 17.6. The van der Waals surface area contributed by atoms with Crippen molar-refractivity contribution in [1.82, 2.24) is 9.38 Å². The molecule has 0 aliphatic rings. The number of esters is 1. The molecule has 0 spiro atoms. The summed E-state index contributed by atoms with van der Waals surface area (Å²) < 4.78 is 12.6. The van der Waals surface area contributed by atoms with Gasteiger partial charge >= 0.3 is 5.97 Å². The quantitative estimate of drug-likeness (QED) is 0.452. The molecule has 0 atom stereocenters. The number of furan rings is 1. The molecule has 0 radical (unpaired) electrons. The topological polar surface area (TPSA) is 73.8 Å². The number of nitrogens with zero attached hydrogens (tertiary/aromatic N) is 2. The van der Waals surface area contributed by atoms with Gasteiger partial charge in [-0.2, -0.15) is 0 Å². The van der Waals surface area contributed by atoms with Crippen LogP contribution in [-0.4, -0.2) is 15.4 Å². The van der Waals surface area contributed by atoms with Crippen LogP contribution in [0.15, 0.2) is 39.1 Å². The third kappa shape index (κ3) is 3.70. The Labute approximate surface area is 171 Å². The highest BCUT2D eigenvalue weighted by Crippen LogP contribution is 2.29. The number of hydrogen-bond acceptors (Lipinski definition) is 6. The third-order valence-electron chi connectivity index (χ3n) is 5.01. The molecule has 6 nitrogen and oxygen atoms in total. The average Bonchev–Trinajstić information content (AvgIpc) is 3.22. The molecule has 29 heavy (non-hydrogen) atoms. The number of carbonyl (C=O) groups excluding carboxylic acids is 1. The van der Waals surface area contributed by atoms with E-state index in [2.05, 4.69) is 31.8 Å². The summed E-state index contributed by atoms with van der Waals surface area (Å²) in [7, 11) is 0. The lowest BCUT2D eigenvalue weighted by molar-refractivity contribution is -0.144. The van der Waals surface area contributed by atoms with Gasteiger partial charge < -0.3 is 9.15 Å². The maximum absolute atomic E-state index is 12.4. The fourth-order valence-electron chi connectivity index (χ4n) is 3.54. The van der Waals surface area contributed by atoms with Crippen LogP contribution in [0.3, 0.4) is 0 Å². The minimum atomic E-state index is -0.385. The lowest BCUT2D eigenvalue weighted by Crippen LogP contribution is -2.16. The van der Waals surface area contributed by atoms with Gasteiger partial charge in [-0.05, 0) is 43.0 Å². The number of aromatic nitrogens is 2. The standard InChI is InChI=1S/C22H22N2O4S/c1-12(2)17-8-18-15(9-27-19(18)5-13(17)3)6-21(26)28-10-16-7-20(25)24-14(4)11-29-22(24)23-16/h5,7-9,11-12H,6,10H2,1-4H3. The summed E-state index contributed by atoms with van der Waals surface area (Å²) in [4.78, 5) is 29.6. The van der Waals surface area contributed by atoms with E-state index in [4.69, 9.17) is 9.15 Å². The van der Waals surface area contributed by atoms with E-state index in [9.17, 15) is 9.59 Å². The van der Waals surface area contributed by atoms with E-state index in [1.54, 1.807) is 10.7 Å². The molecule has 0 unspecified atom stereocenters. The fourth-order valence-corrected chi connectivity index (χ4v) is 4.43. The Kier molecular flexibility index (Phi) is 5.00. The number of ether oxygens (including phenoxy) is 1. The van der Waals surface area contributed by atoms with Gasteiger partial charge in [0.1, 0.15) is 12.2 Å². The molecule has 7 heteroatoms. The number of thiazole rings is 1. The Hall–Kier alpha value is -2.93. The molecule has 0 aliphatic carbocycles. The zero-order valence-electron chi connectivity index (χ0n) is 16.8. The van der Waals surface area contributed by atoms with E-state index in [1.165, 1.54) is 28.5 Å². The minimum absolute atomic E-state index is 0.0341. The van der Waals surface area contributed by atoms with E-state index in [0.29, 0.717) is 16.6 Å². The van der Waals surface area contributed by atoms with Crippen molar-refractivity contribution in [1.29, 1.82) is 0 Å². The summed E-state index contributed by atoms with van der Waals surface area (Å²) in [6.07, 6.45) is 1.72. The molecule has 4 rings (SSSR count). The van der Waals surface area contributed by atoms with Gasteiger partial charge in [-0.25, -0.2) is 4.98 Å². The Morgan fingerprint density at radius 2 is 2.07 bits per heavy atom. The van der Waals surface area contributed by atoms with Gasteiger partial charge in [0.05, 0.1) is 18.4 Å². The fraction of sp³-hybridized carbons (Fsp3) is 0.318. The van der Waals surface area contributed by atoms with E-state index >= 15 is 0 Å². The van der Waals surface area contributed by atoms with Crippen molar-refractivity contribution >= 4 is 33.2 Å². The second kappa shape index (κ2) is 7.48. The lowest BCUT2D eigenvalue weighted by Gasteiger charge is -2.10. The lowest BCUT2D eigenvalue weighted by atomic mass is 9.95. The zero-order chi connectivity index (χ0) is 20.7. The highest BCUT2D eigenvalue weighted by atomic mass is 32.1. The molecule has 0 saturated carbocycles. The van der Waals surface area contributed by atoms with Gasteiger partial charge in [0, 0.05) is 28.1 Å². The minimum Gasteiger partial charge on any atom is -0.464 e. The van der Waals surface area contributed by atoms with Crippen LogP contribution >= 0.6 is 11.3 Å². The number of hydrogen-bond donors (Lipinski definition) is 0. The van der Waals surface area contributed by atoms with Crippen LogP contribution in [0, 0.1) is 13.8 Å². The number of aryl methyl sites for hydroxylation is 2. The summed E-state index contributed by atoms with van der Waals surface area (Å²) in [5.74, 6) is -0.00105. The van der Waals surface area contributed by atoms with Gasteiger partial charge in [-0.15, -0.1) is 11.3 Å². The molecular weight excluding hydrogens is 388 g/mol. The Morgan fingerprint density at radius 1 is 1.28 bits per heavy atom. The van der Waals surface area contributed by atoms with Crippen molar-refractivity contribution < 1.29 is 13.9 Å². The van der Waals surface area contributed by atoms with Crippen LogP contribution in [0.4, 0.5) is 0 Å². The van der Waals surface area contributed by atoms with Crippen molar-refractivity contribution in [3.05, 3.63) is 68.3 Å². The van der Waals surface area contributed by atoms with Crippen molar-refractivity contribution in [2.45, 2.75) is 46.6 Å². The van der Waals surface area contributed by atoms with E-state index in [0.717, 1.165) is 22.2 Å². The SMILES string of the molecule is Cc1cc2occ(CC(=O)OCc3cc(=O)n4c(C)csc4n3)c2cc1C(C)C. The summed E-state index contributed by atoms with van der Waals surface area (Å²) in [5, 5.41) is 2.81. The molecular formula is C22H22N2O4S. The van der Waals surface area contributed by atoms with Crippen LogP contribution in [0.25, 0.3) is 15.9 Å². The van der Waals surface area contributed by atoms with Crippen molar-refractivity contribution in [2.24, 2.45) is 0 Å². The number of carbonyl (C=O) groups is 1. The Bertz CT molecular complexity index is 1280. The first kappa shape index (κ1) is 19.4. The average molecular weight is 410 g/mol. The molecule has 0 aliphatic heterocycles. The van der Waals surface area contributed by atoms with Crippen LogP contribution in [0.1, 0.15) is 47.8 Å². The van der Waals surface area contributed by atoms with Crippen LogP contribution in [-0.2, 0) is 22.6 Å². The van der Waals surface area contributed by atoms with Crippen LogP contribution in [0.2, 0.25) is 0 Å². The predicted molar refractivity (Wildman–Crippen MR) is 113 cm³/mol. The summed E-state index contributed by atoms with van der Waals surface area (Å²) in [6, 6.07) is 5.51. The highest BCUT2D eigenvalue weighted by Gasteiger charge is 2.15. The van der Waals surface area contributed by atoms with Gasteiger partial charge in [0.25, 0.3) is 5.56 Å². The summed E-state index contributed by atoms with van der Waals surface area (Å²) >= 11 is 1.39. The Balaban J connectivity index is 1.50. The van der Waals surface area contributed by atoms with Gasteiger partial charge in [0.15, 0.2) is 4.96 Å². The molecule has 3 aromatic heterocycles. The van der Waals surface area contributed by atoms with Crippen molar-refractivity contribution in [3.8, 4) is 0 Å². The number of fused-ring (bicyclic) bond motifs is 2. The monoisotopic (exact) mass is 410 g/mol. The first-order valence-corrected chi connectivity index (χ1v) is 10.3. The van der Waals surface area contributed by atoms with Crippen molar-refractivity contribution in [3.63, 3.8) is 0 Å². The molecule has 0 fully saturated rings. The van der Waals surface area contributed by atoms with Gasteiger partial charge in [0.2, 0.25) is 0 Å². The van der Waals surface area contributed by atoms with Crippen molar-refractivity contribution in [2.75, 3.05) is 0 Å². The van der Waals surface area contributed by atoms with E-state index < -0.39 is 0 Å². The maximum atomic E-state index is 12.4. The first-order chi connectivity index (χ1) is 13.8. The molecule has 3 heterocycles.